The monoisotopic (exact) mass is 381 g/mol. The van der Waals surface area contributed by atoms with Gasteiger partial charge in [0.15, 0.2) is 6.61 Å². The van der Waals surface area contributed by atoms with Crippen molar-refractivity contribution in [1.82, 2.24) is 10.6 Å². The van der Waals surface area contributed by atoms with E-state index in [0.717, 1.165) is 44.1 Å². The average Bonchev–Trinajstić information content (AvgIpc) is 3.30. The number of nitrogens with one attached hydrogen (secondary N) is 2. The fourth-order valence-corrected chi connectivity index (χ4v) is 3.16. The molecule has 2 amide bonds. The number of benzene rings is 1. The van der Waals surface area contributed by atoms with Gasteiger partial charge in [-0.15, -0.1) is 12.4 Å². The molecule has 1 atom stereocenters. The van der Waals surface area contributed by atoms with Crippen molar-refractivity contribution in [2.45, 2.75) is 63.1 Å². The minimum atomic E-state index is -0.716. The summed E-state index contributed by atoms with van der Waals surface area (Å²) in [6, 6.07) is 7.65. The van der Waals surface area contributed by atoms with Crippen LogP contribution in [0, 0.1) is 0 Å². The molecule has 0 aromatic heterocycles. The average molecular weight is 382 g/mol. The van der Waals surface area contributed by atoms with Crippen LogP contribution in [-0.4, -0.2) is 30.0 Å². The maximum atomic E-state index is 12.4. The zero-order chi connectivity index (χ0) is 17.9. The standard InChI is InChI=1S/C19H27N3O3.ClH/c1-13(21-18(24)19(20)10-2-3-11-19)14-4-8-16(9-5-14)25-12-17(23)22-15-6-7-15;/h4-5,8-9,13,15H,2-3,6-7,10-12,20H2,1H3,(H,21,24)(H,22,23);1H. The first kappa shape index (κ1) is 20.5. The van der Waals surface area contributed by atoms with Crippen molar-refractivity contribution in [2.75, 3.05) is 6.61 Å². The first-order valence-corrected chi connectivity index (χ1v) is 9.08. The molecule has 0 heterocycles. The Balaban J connectivity index is 0.00000243. The van der Waals surface area contributed by atoms with Gasteiger partial charge in [-0.25, -0.2) is 0 Å². The van der Waals surface area contributed by atoms with E-state index in [0.29, 0.717) is 11.8 Å². The molecule has 1 aromatic carbocycles. The van der Waals surface area contributed by atoms with Crippen molar-refractivity contribution in [2.24, 2.45) is 5.73 Å². The molecule has 2 saturated carbocycles. The minimum absolute atomic E-state index is 0. The number of carbonyl (C=O) groups excluding carboxylic acids is 2. The van der Waals surface area contributed by atoms with Crippen LogP contribution in [0.3, 0.4) is 0 Å². The molecule has 2 fully saturated rings. The van der Waals surface area contributed by atoms with Gasteiger partial charge in [0.05, 0.1) is 11.6 Å². The van der Waals surface area contributed by atoms with Gasteiger partial charge in [-0.2, -0.15) is 0 Å². The minimum Gasteiger partial charge on any atom is -0.484 e. The topological polar surface area (TPSA) is 93.5 Å². The van der Waals surface area contributed by atoms with Gasteiger partial charge in [0.1, 0.15) is 5.75 Å². The Labute approximate surface area is 160 Å². The largest absolute Gasteiger partial charge is 0.484 e. The summed E-state index contributed by atoms with van der Waals surface area (Å²) in [6.07, 6.45) is 5.65. The number of amides is 2. The summed E-state index contributed by atoms with van der Waals surface area (Å²) >= 11 is 0. The molecule has 7 heteroatoms. The van der Waals surface area contributed by atoms with Crippen LogP contribution in [-0.2, 0) is 9.59 Å². The number of halogens is 1. The number of nitrogens with two attached hydrogens (primary N) is 1. The third-order valence-corrected chi connectivity index (χ3v) is 4.99. The lowest BCUT2D eigenvalue weighted by Crippen LogP contribution is -2.52. The van der Waals surface area contributed by atoms with Crippen LogP contribution in [0.1, 0.15) is 57.1 Å². The maximum absolute atomic E-state index is 12.4. The Hall–Kier alpha value is -1.79. The van der Waals surface area contributed by atoms with Crippen molar-refractivity contribution in [3.63, 3.8) is 0 Å². The Morgan fingerprint density at radius 3 is 2.42 bits per heavy atom. The maximum Gasteiger partial charge on any atom is 0.258 e. The molecule has 1 unspecified atom stereocenters. The van der Waals surface area contributed by atoms with Gasteiger partial charge < -0.3 is 21.1 Å². The van der Waals surface area contributed by atoms with Crippen LogP contribution in [0.4, 0.5) is 0 Å². The van der Waals surface area contributed by atoms with Crippen LogP contribution in [0.5, 0.6) is 5.75 Å². The van der Waals surface area contributed by atoms with Crippen LogP contribution in [0.15, 0.2) is 24.3 Å². The van der Waals surface area contributed by atoms with E-state index in [4.69, 9.17) is 10.5 Å². The Bertz CT molecular complexity index is 625. The van der Waals surface area contributed by atoms with E-state index in [-0.39, 0.29) is 36.9 Å². The normalized spacial score (nSPS) is 19.2. The number of rotatable bonds is 7. The second-order valence-electron chi connectivity index (χ2n) is 7.26. The molecule has 2 aliphatic carbocycles. The number of hydrogen-bond donors (Lipinski definition) is 3. The SMILES string of the molecule is CC(NC(=O)C1(N)CCCC1)c1ccc(OCC(=O)NC2CC2)cc1.Cl. The van der Waals surface area contributed by atoms with E-state index in [1.165, 1.54) is 0 Å². The van der Waals surface area contributed by atoms with Crippen molar-refractivity contribution in [3.05, 3.63) is 29.8 Å². The Morgan fingerprint density at radius 1 is 1.23 bits per heavy atom. The van der Waals surface area contributed by atoms with E-state index < -0.39 is 5.54 Å². The summed E-state index contributed by atoms with van der Waals surface area (Å²) in [5.41, 5.74) is 6.45. The molecule has 0 bridgehead atoms. The Kier molecular flexibility index (Phi) is 6.89. The van der Waals surface area contributed by atoms with E-state index in [1.807, 2.05) is 31.2 Å². The van der Waals surface area contributed by atoms with Gasteiger partial charge in [0, 0.05) is 6.04 Å². The van der Waals surface area contributed by atoms with Crippen molar-refractivity contribution >= 4 is 24.2 Å². The smallest absolute Gasteiger partial charge is 0.258 e. The molecule has 144 valence electrons. The molecule has 1 aromatic rings. The predicted octanol–water partition coefficient (Wildman–Crippen LogP) is 2.21. The summed E-state index contributed by atoms with van der Waals surface area (Å²) in [5.74, 6) is 0.478. The zero-order valence-electron chi connectivity index (χ0n) is 15.1. The number of carbonyl (C=O) groups is 2. The van der Waals surface area contributed by atoms with E-state index >= 15 is 0 Å². The molecule has 0 aliphatic heterocycles. The molecule has 4 N–H and O–H groups in total. The van der Waals surface area contributed by atoms with Crippen molar-refractivity contribution in [3.8, 4) is 5.75 Å². The molecule has 0 spiro atoms. The summed E-state index contributed by atoms with van der Waals surface area (Å²) < 4.78 is 5.49. The first-order chi connectivity index (χ1) is 12.0. The molecule has 6 nitrogen and oxygen atoms in total. The zero-order valence-corrected chi connectivity index (χ0v) is 15.9. The molecule has 26 heavy (non-hydrogen) atoms. The van der Waals surface area contributed by atoms with Crippen LogP contribution in [0.25, 0.3) is 0 Å². The molecule has 0 saturated heterocycles. The molecular weight excluding hydrogens is 354 g/mol. The molecular formula is C19H28ClN3O3. The summed E-state index contributed by atoms with van der Waals surface area (Å²) in [6.45, 7) is 1.97. The van der Waals surface area contributed by atoms with Crippen molar-refractivity contribution < 1.29 is 14.3 Å². The van der Waals surface area contributed by atoms with Gasteiger partial charge >= 0.3 is 0 Å². The summed E-state index contributed by atoms with van der Waals surface area (Å²) in [5, 5.41) is 5.89. The van der Waals surface area contributed by atoms with E-state index in [9.17, 15) is 9.59 Å². The lowest BCUT2D eigenvalue weighted by molar-refractivity contribution is -0.127. The first-order valence-electron chi connectivity index (χ1n) is 9.08. The number of hydrogen-bond acceptors (Lipinski definition) is 4. The van der Waals surface area contributed by atoms with Gasteiger partial charge in [-0.3, -0.25) is 9.59 Å². The fourth-order valence-electron chi connectivity index (χ4n) is 3.16. The van der Waals surface area contributed by atoms with Gasteiger partial charge in [-0.1, -0.05) is 25.0 Å². The highest BCUT2D eigenvalue weighted by atomic mass is 35.5. The highest BCUT2D eigenvalue weighted by Gasteiger charge is 2.37. The predicted molar refractivity (Wildman–Crippen MR) is 102 cm³/mol. The van der Waals surface area contributed by atoms with Gasteiger partial charge in [0.25, 0.3) is 5.91 Å². The lowest BCUT2D eigenvalue weighted by atomic mass is 9.97. The Morgan fingerprint density at radius 2 is 1.85 bits per heavy atom. The highest BCUT2D eigenvalue weighted by molar-refractivity contribution is 5.86. The number of ether oxygens (including phenoxy) is 1. The van der Waals surface area contributed by atoms with Crippen LogP contribution in [0.2, 0.25) is 0 Å². The lowest BCUT2D eigenvalue weighted by Gasteiger charge is -2.25. The van der Waals surface area contributed by atoms with Gasteiger partial charge in [0.2, 0.25) is 5.91 Å². The van der Waals surface area contributed by atoms with E-state index in [2.05, 4.69) is 10.6 Å². The fraction of sp³-hybridized carbons (Fsp3) is 0.579. The van der Waals surface area contributed by atoms with Crippen LogP contribution < -0.4 is 21.1 Å². The highest BCUT2D eigenvalue weighted by Crippen LogP contribution is 2.28. The second-order valence-corrected chi connectivity index (χ2v) is 7.26. The summed E-state index contributed by atoms with van der Waals surface area (Å²) in [7, 11) is 0. The van der Waals surface area contributed by atoms with Crippen LogP contribution >= 0.6 is 12.4 Å². The van der Waals surface area contributed by atoms with Crippen molar-refractivity contribution in [1.29, 1.82) is 0 Å². The molecule has 0 radical (unpaired) electrons. The summed E-state index contributed by atoms with van der Waals surface area (Å²) in [4.78, 5) is 24.0. The third-order valence-electron chi connectivity index (χ3n) is 4.99. The van der Waals surface area contributed by atoms with E-state index in [1.54, 1.807) is 0 Å². The molecule has 3 rings (SSSR count). The molecule has 2 aliphatic rings. The third kappa shape index (κ3) is 5.35. The van der Waals surface area contributed by atoms with Gasteiger partial charge in [-0.05, 0) is 50.3 Å². The quantitative estimate of drug-likeness (QED) is 0.675. The second kappa shape index (κ2) is 8.73.